The Hall–Kier alpha value is -0.0800. The Morgan fingerprint density at radius 2 is 1.88 bits per heavy atom. The third kappa shape index (κ3) is 3.45. The number of rotatable bonds is 4. The molecule has 2 fully saturated rings. The van der Waals surface area contributed by atoms with E-state index in [1.54, 1.807) is 0 Å². The summed E-state index contributed by atoms with van der Waals surface area (Å²) in [5, 5.41) is 3.76. The molecule has 2 unspecified atom stereocenters. The summed E-state index contributed by atoms with van der Waals surface area (Å²) < 4.78 is 0. The molecule has 1 saturated carbocycles. The van der Waals surface area contributed by atoms with Crippen molar-refractivity contribution in [3.63, 3.8) is 0 Å². The maximum Gasteiger partial charge on any atom is 0.0249 e. The fourth-order valence-corrected chi connectivity index (χ4v) is 3.41. The van der Waals surface area contributed by atoms with Crippen molar-refractivity contribution in [2.24, 2.45) is 5.41 Å². The van der Waals surface area contributed by atoms with Crippen molar-refractivity contribution in [3.05, 3.63) is 0 Å². The number of likely N-dealkylation sites (tertiary alicyclic amines) is 1. The van der Waals surface area contributed by atoms with Crippen LogP contribution in [0.15, 0.2) is 0 Å². The van der Waals surface area contributed by atoms with E-state index >= 15 is 0 Å². The Kier molecular flexibility index (Phi) is 4.48. The predicted molar refractivity (Wildman–Crippen MR) is 74.3 cm³/mol. The lowest BCUT2D eigenvalue weighted by Crippen LogP contribution is -2.50. The van der Waals surface area contributed by atoms with E-state index in [2.05, 4.69) is 31.0 Å². The van der Waals surface area contributed by atoms with Crippen LogP contribution in [-0.2, 0) is 0 Å². The van der Waals surface area contributed by atoms with Gasteiger partial charge in [0.2, 0.25) is 0 Å². The van der Waals surface area contributed by atoms with Crippen LogP contribution in [0, 0.1) is 5.41 Å². The lowest BCUT2D eigenvalue weighted by Gasteiger charge is -2.42. The van der Waals surface area contributed by atoms with Gasteiger partial charge in [0.15, 0.2) is 0 Å². The third-order valence-corrected chi connectivity index (χ3v) is 4.76. The van der Waals surface area contributed by atoms with Crippen LogP contribution in [0.3, 0.4) is 0 Å². The summed E-state index contributed by atoms with van der Waals surface area (Å²) in [6.45, 7) is 10.9. The van der Waals surface area contributed by atoms with E-state index in [9.17, 15) is 0 Å². The second-order valence-electron chi connectivity index (χ2n) is 6.76. The molecule has 2 atom stereocenters. The molecule has 1 aliphatic carbocycles. The van der Waals surface area contributed by atoms with Gasteiger partial charge >= 0.3 is 0 Å². The Bertz CT molecular complexity index is 227. The quantitative estimate of drug-likeness (QED) is 0.810. The molecule has 0 spiro atoms. The van der Waals surface area contributed by atoms with Crippen molar-refractivity contribution in [2.75, 3.05) is 19.6 Å². The number of nitrogens with zero attached hydrogens (tertiary/aromatic N) is 1. The minimum absolute atomic E-state index is 0.585. The molecule has 2 aliphatic rings. The van der Waals surface area contributed by atoms with Gasteiger partial charge in [0.05, 0.1) is 0 Å². The highest BCUT2D eigenvalue weighted by molar-refractivity contribution is 4.93. The van der Waals surface area contributed by atoms with Crippen LogP contribution in [0.5, 0.6) is 0 Å². The minimum Gasteiger partial charge on any atom is -0.312 e. The van der Waals surface area contributed by atoms with E-state index in [0.29, 0.717) is 5.41 Å². The number of hydrogen-bond donors (Lipinski definition) is 1. The van der Waals surface area contributed by atoms with Crippen molar-refractivity contribution >= 4 is 0 Å². The topological polar surface area (TPSA) is 15.3 Å². The maximum absolute atomic E-state index is 3.76. The van der Waals surface area contributed by atoms with E-state index in [1.165, 1.54) is 58.2 Å². The fourth-order valence-electron chi connectivity index (χ4n) is 3.41. The summed E-state index contributed by atoms with van der Waals surface area (Å²) in [4.78, 5) is 2.77. The van der Waals surface area contributed by atoms with Crippen LogP contribution >= 0.6 is 0 Å². The molecule has 0 aromatic heterocycles. The van der Waals surface area contributed by atoms with Gasteiger partial charge in [-0.2, -0.15) is 0 Å². The molecule has 2 nitrogen and oxygen atoms in total. The first-order chi connectivity index (χ1) is 8.12. The molecule has 1 N–H and O–H groups in total. The third-order valence-electron chi connectivity index (χ3n) is 4.76. The first-order valence-electron chi connectivity index (χ1n) is 7.60. The highest BCUT2D eigenvalue weighted by atomic mass is 15.2. The number of hydrogen-bond acceptors (Lipinski definition) is 2. The van der Waals surface area contributed by atoms with Crippen molar-refractivity contribution in [1.29, 1.82) is 0 Å². The maximum atomic E-state index is 3.76. The van der Waals surface area contributed by atoms with Gasteiger partial charge in [0.1, 0.15) is 0 Å². The Morgan fingerprint density at radius 3 is 2.53 bits per heavy atom. The number of nitrogens with one attached hydrogen (secondary N) is 1. The summed E-state index contributed by atoms with van der Waals surface area (Å²) in [7, 11) is 0. The normalized spacial score (nSPS) is 34.1. The van der Waals surface area contributed by atoms with Crippen LogP contribution < -0.4 is 5.32 Å². The van der Waals surface area contributed by atoms with Gasteiger partial charge in [0.25, 0.3) is 0 Å². The van der Waals surface area contributed by atoms with Crippen molar-refractivity contribution in [1.82, 2.24) is 10.2 Å². The first-order valence-corrected chi connectivity index (χ1v) is 7.60. The SMILES string of the molecule is CCCNC1CCCC1N1CCC(C)(C)CC1. The lowest BCUT2D eigenvalue weighted by atomic mass is 9.82. The molecule has 0 radical (unpaired) electrons. The van der Waals surface area contributed by atoms with Gasteiger partial charge < -0.3 is 5.32 Å². The van der Waals surface area contributed by atoms with Crippen LogP contribution in [0.2, 0.25) is 0 Å². The zero-order valence-corrected chi connectivity index (χ0v) is 12.0. The minimum atomic E-state index is 0.585. The van der Waals surface area contributed by atoms with Crippen LogP contribution in [0.25, 0.3) is 0 Å². The van der Waals surface area contributed by atoms with Crippen LogP contribution in [0.1, 0.15) is 59.3 Å². The Balaban J connectivity index is 1.84. The van der Waals surface area contributed by atoms with Gasteiger partial charge in [0, 0.05) is 12.1 Å². The summed E-state index contributed by atoms with van der Waals surface area (Å²) in [5.74, 6) is 0. The van der Waals surface area contributed by atoms with Crippen molar-refractivity contribution in [2.45, 2.75) is 71.4 Å². The van der Waals surface area contributed by atoms with E-state index in [4.69, 9.17) is 0 Å². The average molecular weight is 238 g/mol. The van der Waals surface area contributed by atoms with Crippen molar-refractivity contribution in [3.8, 4) is 0 Å². The molecule has 0 aromatic carbocycles. The zero-order chi connectivity index (χ0) is 12.3. The van der Waals surface area contributed by atoms with Gasteiger partial charge in [-0.25, -0.2) is 0 Å². The molecule has 100 valence electrons. The second kappa shape index (κ2) is 5.71. The van der Waals surface area contributed by atoms with E-state index in [0.717, 1.165) is 12.1 Å². The van der Waals surface area contributed by atoms with Gasteiger partial charge in [-0.05, 0) is 57.2 Å². The summed E-state index contributed by atoms with van der Waals surface area (Å²) in [6.07, 6.45) is 8.25. The summed E-state index contributed by atoms with van der Waals surface area (Å²) >= 11 is 0. The van der Waals surface area contributed by atoms with Gasteiger partial charge in [-0.1, -0.05) is 27.2 Å². The molecular formula is C15H30N2. The van der Waals surface area contributed by atoms with E-state index < -0.39 is 0 Å². The molecule has 0 bridgehead atoms. The van der Waals surface area contributed by atoms with Crippen LogP contribution in [-0.4, -0.2) is 36.6 Å². The molecule has 1 aliphatic heterocycles. The predicted octanol–water partition coefficient (Wildman–Crippen LogP) is 3.03. The summed E-state index contributed by atoms with van der Waals surface area (Å²) in [6, 6.07) is 1.61. The zero-order valence-electron chi connectivity index (χ0n) is 12.0. The standard InChI is InChI=1S/C15H30N2/c1-4-10-16-13-6-5-7-14(13)17-11-8-15(2,3)9-12-17/h13-14,16H,4-12H2,1-3H3. The average Bonchev–Trinajstić information content (AvgIpc) is 2.74. The highest BCUT2D eigenvalue weighted by Gasteiger charge is 2.35. The van der Waals surface area contributed by atoms with Gasteiger partial charge in [-0.3, -0.25) is 4.90 Å². The van der Waals surface area contributed by atoms with Crippen LogP contribution in [0.4, 0.5) is 0 Å². The monoisotopic (exact) mass is 238 g/mol. The summed E-state index contributed by atoms with van der Waals surface area (Å²) in [5.41, 5.74) is 0.585. The Labute approximate surface area is 107 Å². The largest absolute Gasteiger partial charge is 0.312 e. The lowest BCUT2D eigenvalue weighted by molar-refractivity contribution is 0.0842. The molecule has 0 aromatic rings. The molecule has 2 rings (SSSR count). The first kappa shape index (κ1) is 13.4. The van der Waals surface area contributed by atoms with Crippen molar-refractivity contribution < 1.29 is 0 Å². The second-order valence-corrected chi connectivity index (χ2v) is 6.76. The molecule has 1 saturated heterocycles. The smallest absolute Gasteiger partial charge is 0.0249 e. The van der Waals surface area contributed by atoms with Gasteiger partial charge in [-0.15, -0.1) is 0 Å². The molecule has 2 heteroatoms. The van der Waals surface area contributed by atoms with E-state index in [-0.39, 0.29) is 0 Å². The van der Waals surface area contributed by atoms with E-state index in [1.807, 2.05) is 0 Å². The molecule has 0 amide bonds. The molecule has 1 heterocycles. The highest BCUT2D eigenvalue weighted by Crippen LogP contribution is 2.34. The fraction of sp³-hybridized carbons (Fsp3) is 1.00. The number of piperidine rings is 1. The molecule has 17 heavy (non-hydrogen) atoms. The Morgan fingerprint density at radius 1 is 1.18 bits per heavy atom. The molecular weight excluding hydrogens is 208 g/mol.